The fourth-order valence-corrected chi connectivity index (χ4v) is 1.50. The van der Waals surface area contributed by atoms with E-state index in [2.05, 4.69) is 5.92 Å². The van der Waals surface area contributed by atoms with E-state index in [1.54, 1.807) is 0 Å². The van der Waals surface area contributed by atoms with E-state index in [1.807, 2.05) is 13.0 Å². The Kier molecular flexibility index (Phi) is 5.51. The van der Waals surface area contributed by atoms with E-state index in [4.69, 9.17) is 16.9 Å². The van der Waals surface area contributed by atoms with Gasteiger partial charge in [0.15, 0.2) is 0 Å². The van der Waals surface area contributed by atoms with E-state index < -0.39 is 0 Å². The summed E-state index contributed by atoms with van der Waals surface area (Å²) in [6.45, 7) is 2.41. The third-order valence-electron chi connectivity index (χ3n) is 2.47. The van der Waals surface area contributed by atoms with E-state index in [9.17, 15) is 4.39 Å². The fourth-order valence-electron chi connectivity index (χ4n) is 1.50. The first-order chi connectivity index (χ1) is 8.15. The molecule has 0 bridgehead atoms. The summed E-state index contributed by atoms with van der Waals surface area (Å²) in [5.74, 6) is 2.68. The van der Waals surface area contributed by atoms with Crippen LogP contribution in [0.5, 0.6) is 5.75 Å². The molecule has 1 rings (SSSR count). The Hall–Kier alpha value is -1.53. The maximum absolute atomic E-state index is 13.3. The Bertz CT molecular complexity index is 398. The van der Waals surface area contributed by atoms with Crippen molar-refractivity contribution >= 4 is 0 Å². The summed E-state index contributed by atoms with van der Waals surface area (Å²) >= 11 is 0. The highest BCUT2D eigenvalue weighted by molar-refractivity contribution is 5.30. The molecule has 0 aromatic heterocycles. The molecule has 0 aliphatic carbocycles. The number of terminal acetylenes is 1. The Balaban J connectivity index is 2.69. The van der Waals surface area contributed by atoms with Crippen LogP contribution in [-0.2, 0) is 6.42 Å². The van der Waals surface area contributed by atoms with Crippen LogP contribution in [0.1, 0.15) is 25.3 Å². The van der Waals surface area contributed by atoms with Gasteiger partial charge in [-0.2, -0.15) is 0 Å². The maximum Gasteiger partial charge on any atom is 0.127 e. The first-order valence-corrected chi connectivity index (χ1v) is 5.77. The number of hydrogen-bond donors (Lipinski definition) is 1. The Morgan fingerprint density at radius 2 is 2.24 bits per heavy atom. The average Bonchev–Trinajstić information content (AvgIpc) is 2.28. The van der Waals surface area contributed by atoms with Gasteiger partial charge < -0.3 is 10.5 Å². The van der Waals surface area contributed by atoms with Crippen LogP contribution in [0.15, 0.2) is 18.2 Å². The van der Waals surface area contributed by atoms with Gasteiger partial charge >= 0.3 is 0 Å². The first-order valence-electron chi connectivity index (χ1n) is 5.77. The maximum atomic E-state index is 13.3. The van der Waals surface area contributed by atoms with Crippen LogP contribution in [0.4, 0.5) is 4.39 Å². The van der Waals surface area contributed by atoms with E-state index in [0.717, 1.165) is 12.0 Å². The highest BCUT2D eigenvalue weighted by Gasteiger charge is 2.05. The molecule has 0 aliphatic rings. The number of halogens is 1. The van der Waals surface area contributed by atoms with Crippen molar-refractivity contribution in [2.24, 2.45) is 5.73 Å². The van der Waals surface area contributed by atoms with Crippen LogP contribution in [0.3, 0.4) is 0 Å². The molecule has 1 unspecified atom stereocenters. The van der Waals surface area contributed by atoms with Crippen molar-refractivity contribution in [1.29, 1.82) is 0 Å². The Morgan fingerprint density at radius 3 is 2.88 bits per heavy atom. The molecule has 0 radical (unpaired) electrons. The molecule has 17 heavy (non-hydrogen) atoms. The summed E-state index contributed by atoms with van der Waals surface area (Å²) in [5, 5.41) is 0. The number of nitrogens with two attached hydrogens (primary N) is 1. The van der Waals surface area contributed by atoms with Crippen molar-refractivity contribution in [1.82, 2.24) is 0 Å². The minimum Gasteiger partial charge on any atom is -0.492 e. The number of rotatable bonds is 6. The molecular weight excluding hydrogens is 217 g/mol. The lowest BCUT2D eigenvalue weighted by atomic mass is 10.0. The topological polar surface area (TPSA) is 35.2 Å². The van der Waals surface area contributed by atoms with Crippen LogP contribution in [0.2, 0.25) is 0 Å². The summed E-state index contributed by atoms with van der Waals surface area (Å²) in [5.41, 5.74) is 6.69. The molecule has 0 spiro atoms. The molecule has 1 aromatic rings. The van der Waals surface area contributed by atoms with E-state index in [0.29, 0.717) is 25.2 Å². The van der Waals surface area contributed by atoms with Crippen LogP contribution in [0.25, 0.3) is 0 Å². The predicted molar refractivity (Wildman–Crippen MR) is 67.3 cm³/mol. The van der Waals surface area contributed by atoms with Gasteiger partial charge in [-0.3, -0.25) is 0 Å². The zero-order valence-corrected chi connectivity index (χ0v) is 10.1. The van der Waals surface area contributed by atoms with Crippen LogP contribution >= 0.6 is 0 Å². The van der Waals surface area contributed by atoms with Crippen molar-refractivity contribution in [2.75, 3.05) is 6.61 Å². The second-order valence-electron chi connectivity index (χ2n) is 3.97. The number of benzene rings is 1. The molecule has 0 saturated carbocycles. The van der Waals surface area contributed by atoms with Gasteiger partial charge in [0.05, 0.1) is 6.61 Å². The lowest BCUT2D eigenvalue weighted by Crippen LogP contribution is -2.21. The third-order valence-corrected chi connectivity index (χ3v) is 2.47. The van der Waals surface area contributed by atoms with Crippen molar-refractivity contribution < 1.29 is 9.13 Å². The summed E-state index contributed by atoms with van der Waals surface area (Å²) in [4.78, 5) is 0. The second kappa shape index (κ2) is 6.93. The van der Waals surface area contributed by atoms with Crippen molar-refractivity contribution in [3.8, 4) is 18.1 Å². The van der Waals surface area contributed by atoms with Gasteiger partial charge in [0.25, 0.3) is 0 Å². The van der Waals surface area contributed by atoms with Gasteiger partial charge in [0, 0.05) is 18.5 Å². The summed E-state index contributed by atoms with van der Waals surface area (Å²) in [6, 6.07) is 4.71. The molecule has 1 aromatic carbocycles. The molecule has 92 valence electrons. The molecule has 0 saturated heterocycles. The normalized spacial score (nSPS) is 11.9. The highest BCUT2D eigenvalue weighted by Crippen LogP contribution is 2.18. The lowest BCUT2D eigenvalue weighted by Gasteiger charge is -2.11. The molecule has 2 nitrogen and oxygen atoms in total. The molecule has 0 amide bonds. The zero-order chi connectivity index (χ0) is 12.7. The molecular formula is C14H18FNO. The van der Waals surface area contributed by atoms with Crippen molar-refractivity contribution in [3.05, 3.63) is 29.6 Å². The predicted octanol–water partition coefficient (Wildman–Crippen LogP) is 2.51. The molecule has 0 aliphatic heterocycles. The largest absolute Gasteiger partial charge is 0.492 e. The monoisotopic (exact) mass is 235 g/mol. The van der Waals surface area contributed by atoms with Crippen LogP contribution in [-0.4, -0.2) is 12.6 Å². The Labute approximate surface area is 102 Å². The van der Waals surface area contributed by atoms with Gasteiger partial charge in [-0.1, -0.05) is 6.92 Å². The molecule has 2 N–H and O–H groups in total. The van der Waals surface area contributed by atoms with Crippen LogP contribution in [0, 0.1) is 18.2 Å². The summed E-state index contributed by atoms with van der Waals surface area (Å²) < 4.78 is 18.7. The van der Waals surface area contributed by atoms with Gasteiger partial charge in [0.1, 0.15) is 11.6 Å². The van der Waals surface area contributed by atoms with Gasteiger partial charge in [-0.05, 0) is 30.5 Å². The minimum absolute atomic E-state index is 0.0513. The number of hydrogen-bond acceptors (Lipinski definition) is 2. The number of ether oxygens (including phenoxy) is 1. The van der Waals surface area contributed by atoms with Crippen LogP contribution < -0.4 is 10.5 Å². The zero-order valence-electron chi connectivity index (χ0n) is 10.1. The molecule has 0 heterocycles. The quantitative estimate of drug-likeness (QED) is 0.607. The van der Waals surface area contributed by atoms with E-state index in [1.165, 1.54) is 12.1 Å². The fraction of sp³-hybridized carbons (Fsp3) is 0.429. The summed E-state index contributed by atoms with van der Waals surface area (Å²) in [6.07, 6.45) is 7.15. The standard InChI is InChI=1S/C14H18FNO/c1-3-5-6-17-14-9-11(7-12(15)10-14)8-13(16)4-2/h1,7,9-10,13H,4-6,8,16H2,2H3. The first kappa shape index (κ1) is 13.5. The SMILES string of the molecule is C#CCCOc1cc(F)cc(CC(N)CC)c1. The second-order valence-corrected chi connectivity index (χ2v) is 3.97. The molecule has 0 fully saturated rings. The smallest absolute Gasteiger partial charge is 0.127 e. The minimum atomic E-state index is -0.304. The van der Waals surface area contributed by atoms with Gasteiger partial charge in [-0.25, -0.2) is 4.39 Å². The van der Waals surface area contributed by atoms with Crippen molar-refractivity contribution in [3.63, 3.8) is 0 Å². The Morgan fingerprint density at radius 1 is 1.47 bits per heavy atom. The van der Waals surface area contributed by atoms with Gasteiger partial charge in [0.2, 0.25) is 0 Å². The molecule has 1 atom stereocenters. The van der Waals surface area contributed by atoms with Crippen molar-refractivity contribution in [2.45, 2.75) is 32.2 Å². The van der Waals surface area contributed by atoms with E-state index in [-0.39, 0.29) is 11.9 Å². The third kappa shape index (κ3) is 4.88. The van der Waals surface area contributed by atoms with E-state index >= 15 is 0 Å². The van der Waals surface area contributed by atoms with Gasteiger partial charge in [-0.15, -0.1) is 12.3 Å². The molecule has 3 heteroatoms. The average molecular weight is 235 g/mol. The summed E-state index contributed by atoms with van der Waals surface area (Å²) in [7, 11) is 0. The lowest BCUT2D eigenvalue weighted by molar-refractivity contribution is 0.325. The highest BCUT2D eigenvalue weighted by atomic mass is 19.1.